The number of nitrogens with two attached hydrogens (primary N) is 1. The molecule has 2 aromatic carbocycles. The first kappa shape index (κ1) is 12.8. The van der Waals surface area contributed by atoms with E-state index < -0.39 is 0 Å². The summed E-state index contributed by atoms with van der Waals surface area (Å²) in [7, 11) is 0. The number of aromatic nitrogens is 1. The molecule has 1 heterocycles. The Kier molecular flexibility index (Phi) is 3.48. The lowest BCUT2D eigenvalue weighted by atomic mass is 9.94. The van der Waals surface area contributed by atoms with E-state index in [1.807, 2.05) is 24.4 Å². The van der Waals surface area contributed by atoms with Gasteiger partial charge in [0.1, 0.15) is 0 Å². The molecule has 0 saturated carbocycles. The van der Waals surface area contributed by atoms with E-state index in [0.29, 0.717) is 0 Å². The van der Waals surface area contributed by atoms with Crippen LogP contribution in [0.2, 0.25) is 0 Å². The van der Waals surface area contributed by atoms with Gasteiger partial charge in [-0.2, -0.15) is 0 Å². The van der Waals surface area contributed by atoms with Crippen LogP contribution in [-0.4, -0.2) is 4.98 Å². The average Bonchev–Trinajstić information content (AvgIpc) is 2.53. The summed E-state index contributed by atoms with van der Waals surface area (Å²) in [5.41, 5.74) is 11.1. The van der Waals surface area contributed by atoms with Crippen LogP contribution >= 0.6 is 0 Å². The summed E-state index contributed by atoms with van der Waals surface area (Å²) in [5.74, 6) is 0. The van der Waals surface area contributed by atoms with E-state index in [9.17, 15) is 0 Å². The van der Waals surface area contributed by atoms with Gasteiger partial charge in [-0.05, 0) is 35.2 Å². The first-order valence-electron chi connectivity index (χ1n) is 6.97. The monoisotopic (exact) mass is 262 g/mol. The SMILES string of the molecule is CCc1cccc(C(N)c2cccc3ncccc23)c1. The number of pyridine rings is 1. The number of aryl methyl sites for hydroxylation is 1. The van der Waals surface area contributed by atoms with Crippen molar-refractivity contribution in [1.82, 2.24) is 4.98 Å². The predicted octanol–water partition coefficient (Wildman–Crippen LogP) is 3.85. The Hall–Kier alpha value is -2.19. The molecule has 0 saturated heterocycles. The normalized spacial score (nSPS) is 12.5. The Labute approximate surface area is 119 Å². The molecule has 1 unspecified atom stereocenters. The highest BCUT2D eigenvalue weighted by Crippen LogP contribution is 2.26. The second kappa shape index (κ2) is 5.43. The third-order valence-electron chi connectivity index (χ3n) is 3.73. The maximum atomic E-state index is 6.48. The molecule has 2 N–H and O–H groups in total. The molecule has 0 aliphatic rings. The molecule has 2 nitrogen and oxygen atoms in total. The van der Waals surface area contributed by atoms with Crippen LogP contribution in [0.1, 0.15) is 29.7 Å². The molecule has 100 valence electrons. The molecule has 0 spiro atoms. The van der Waals surface area contributed by atoms with Gasteiger partial charge < -0.3 is 5.73 Å². The molecule has 0 fully saturated rings. The third-order valence-corrected chi connectivity index (χ3v) is 3.73. The van der Waals surface area contributed by atoms with Crippen LogP contribution in [-0.2, 0) is 6.42 Å². The Morgan fingerprint density at radius 2 is 1.90 bits per heavy atom. The van der Waals surface area contributed by atoms with E-state index in [0.717, 1.165) is 28.5 Å². The summed E-state index contributed by atoms with van der Waals surface area (Å²) in [4.78, 5) is 4.40. The largest absolute Gasteiger partial charge is 0.320 e. The number of hydrogen-bond donors (Lipinski definition) is 1. The Balaban J connectivity index is 2.10. The first-order valence-corrected chi connectivity index (χ1v) is 6.97. The maximum absolute atomic E-state index is 6.48. The van der Waals surface area contributed by atoms with Gasteiger partial charge in [0, 0.05) is 11.6 Å². The zero-order valence-electron chi connectivity index (χ0n) is 11.6. The number of nitrogens with zero attached hydrogens (tertiary/aromatic N) is 1. The number of fused-ring (bicyclic) bond motifs is 1. The summed E-state index contributed by atoms with van der Waals surface area (Å²) in [6, 6.07) is 18.6. The van der Waals surface area contributed by atoms with Gasteiger partial charge in [0.25, 0.3) is 0 Å². The van der Waals surface area contributed by atoms with Crippen LogP contribution in [0.15, 0.2) is 60.8 Å². The molecule has 0 aliphatic carbocycles. The summed E-state index contributed by atoms with van der Waals surface area (Å²) >= 11 is 0. The highest BCUT2D eigenvalue weighted by molar-refractivity contribution is 5.82. The van der Waals surface area contributed by atoms with Gasteiger partial charge >= 0.3 is 0 Å². The predicted molar refractivity (Wildman–Crippen MR) is 83.6 cm³/mol. The summed E-state index contributed by atoms with van der Waals surface area (Å²) in [6.45, 7) is 2.16. The van der Waals surface area contributed by atoms with Gasteiger partial charge in [-0.1, -0.05) is 49.4 Å². The zero-order chi connectivity index (χ0) is 13.9. The van der Waals surface area contributed by atoms with E-state index in [1.165, 1.54) is 5.56 Å². The fraction of sp³-hybridized carbons (Fsp3) is 0.167. The quantitative estimate of drug-likeness (QED) is 0.778. The van der Waals surface area contributed by atoms with Gasteiger partial charge in [-0.25, -0.2) is 0 Å². The average molecular weight is 262 g/mol. The minimum absolute atomic E-state index is 0.116. The highest BCUT2D eigenvalue weighted by atomic mass is 14.7. The Morgan fingerprint density at radius 3 is 2.75 bits per heavy atom. The van der Waals surface area contributed by atoms with Crippen molar-refractivity contribution in [2.75, 3.05) is 0 Å². The van der Waals surface area contributed by atoms with Crippen molar-refractivity contribution in [3.05, 3.63) is 77.5 Å². The van der Waals surface area contributed by atoms with E-state index in [4.69, 9.17) is 5.73 Å². The van der Waals surface area contributed by atoms with Crippen molar-refractivity contribution in [3.8, 4) is 0 Å². The zero-order valence-corrected chi connectivity index (χ0v) is 11.6. The Morgan fingerprint density at radius 1 is 1.05 bits per heavy atom. The van der Waals surface area contributed by atoms with E-state index in [2.05, 4.69) is 48.3 Å². The van der Waals surface area contributed by atoms with Gasteiger partial charge in [0.2, 0.25) is 0 Å². The third kappa shape index (κ3) is 2.30. The van der Waals surface area contributed by atoms with Crippen molar-refractivity contribution in [2.24, 2.45) is 5.73 Å². The van der Waals surface area contributed by atoms with Crippen molar-refractivity contribution < 1.29 is 0 Å². The van der Waals surface area contributed by atoms with Crippen LogP contribution in [0, 0.1) is 0 Å². The van der Waals surface area contributed by atoms with Crippen molar-refractivity contribution in [2.45, 2.75) is 19.4 Å². The number of rotatable bonds is 3. The minimum atomic E-state index is -0.116. The molecule has 3 aromatic rings. The molecular formula is C18H18N2. The fourth-order valence-electron chi connectivity index (χ4n) is 2.58. The molecule has 1 aromatic heterocycles. The van der Waals surface area contributed by atoms with Crippen LogP contribution in [0.5, 0.6) is 0 Å². The topological polar surface area (TPSA) is 38.9 Å². The molecule has 0 bridgehead atoms. The highest BCUT2D eigenvalue weighted by Gasteiger charge is 2.12. The lowest BCUT2D eigenvalue weighted by molar-refractivity contribution is 0.876. The molecule has 0 radical (unpaired) electrons. The van der Waals surface area contributed by atoms with Gasteiger partial charge in [-0.15, -0.1) is 0 Å². The van der Waals surface area contributed by atoms with Crippen LogP contribution in [0.3, 0.4) is 0 Å². The smallest absolute Gasteiger partial charge is 0.0705 e. The summed E-state index contributed by atoms with van der Waals surface area (Å²) in [5, 5.41) is 1.13. The standard InChI is InChI=1S/C18H18N2/c1-2-13-6-3-7-14(12-13)18(19)16-8-4-10-17-15(16)9-5-11-20-17/h3-12,18H,2,19H2,1H3. The molecular weight excluding hydrogens is 244 g/mol. The molecule has 0 aliphatic heterocycles. The fourth-order valence-corrected chi connectivity index (χ4v) is 2.58. The van der Waals surface area contributed by atoms with E-state index >= 15 is 0 Å². The van der Waals surface area contributed by atoms with E-state index in [1.54, 1.807) is 0 Å². The van der Waals surface area contributed by atoms with Gasteiger partial charge in [0.05, 0.1) is 11.6 Å². The van der Waals surface area contributed by atoms with Crippen molar-refractivity contribution in [3.63, 3.8) is 0 Å². The maximum Gasteiger partial charge on any atom is 0.0705 e. The number of benzene rings is 2. The molecule has 20 heavy (non-hydrogen) atoms. The van der Waals surface area contributed by atoms with E-state index in [-0.39, 0.29) is 6.04 Å². The van der Waals surface area contributed by atoms with Crippen LogP contribution in [0.4, 0.5) is 0 Å². The van der Waals surface area contributed by atoms with Crippen molar-refractivity contribution >= 4 is 10.9 Å². The second-order valence-electron chi connectivity index (χ2n) is 4.99. The summed E-state index contributed by atoms with van der Waals surface area (Å²) < 4.78 is 0. The summed E-state index contributed by atoms with van der Waals surface area (Å²) in [6.07, 6.45) is 2.84. The van der Waals surface area contributed by atoms with Crippen LogP contribution < -0.4 is 5.73 Å². The molecule has 0 amide bonds. The van der Waals surface area contributed by atoms with Crippen molar-refractivity contribution in [1.29, 1.82) is 0 Å². The molecule has 3 rings (SSSR count). The Bertz CT molecular complexity index is 729. The van der Waals surface area contributed by atoms with Crippen LogP contribution in [0.25, 0.3) is 10.9 Å². The number of hydrogen-bond acceptors (Lipinski definition) is 2. The second-order valence-corrected chi connectivity index (χ2v) is 4.99. The first-order chi connectivity index (χ1) is 9.79. The lowest BCUT2D eigenvalue weighted by Crippen LogP contribution is -2.12. The van der Waals surface area contributed by atoms with Gasteiger partial charge in [0.15, 0.2) is 0 Å². The van der Waals surface area contributed by atoms with Gasteiger partial charge in [-0.3, -0.25) is 4.98 Å². The molecule has 1 atom stereocenters. The minimum Gasteiger partial charge on any atom is -0.320 e. The lowest BCUT2D eigenvalue weighted by Gasteiger charge is -2.15. The molecule has 2 heteroatoms.